The number of rotatable bonds is 4. The molecule has 1 saturated heterocycles. The minimum atomic E-state index is -0.269. The zero-order valence-corrected chi connectivity index (χ0v) is 14.1. The van der Waals surface area contributed by atoms with Crippen LogP contribution in [0.2, 0.25) is 0 Å². The minimum Gasteiger partial charge on any atom is -0.350 e. The Morgan fingerprint density at radius 1 is 1.24 bits per heavy atom. The smallest absolute Gasteiger partial charge is 0.290 e. The third kappa shape index (κ3) is 3.42. The zero-order valence-electron chi connectivity index (χ0n) is 14.1. The van der Waals surface area contributed by atoms with Crippen LogP contribution in [0.4, 0.5) is 0 Å². The Morgan fingerprint density at radius 3 is 2.64 bits per heavy atom. The van der Waals surface area contributed by atoms with Crippen LogP contribution in [-0.4, -0.2) is 50.8 Å². The summed E-state index contributed by atoms with van der Waals surface area (Å²) in [7, 11) is 1.82. The van der Waals surface area contributed by atoms with E-state index in [2.05, 4.69) is 15.6 Å². The van der Waals surface area contributed by atoms with Crippen LogP contribution in [0.25, 0.3) is 11.3 Å². The van der Waals surface area contributed by atoms with Gasteiger partial charge in [-0.1, -0.05) is 5.16 Å². The van der Waals surface area contributed by atoms with Gasteiger partial charge in [-0.25, -0.2) is 0 Å². The topological polar surface area (TPSA) is 93.3 Å². The normalized spacial score (nSPS) is 18.4. The van der Waals surface area contributed by atoms with Crippen LogP contribution < -0.4 is 5.32 Å². The predicted octanol–water partition coefficient (Wildman–Crippen LogP) is 1.21. The van der Waals surface area contributed by atoms with E-state index in [4.69, 9.17) is 4.52 Å². The second-order valence-corrected chi connectivity index (χ2v) is 6.83. The van der Waals surface area contributed by atoms with Crippen molar-refractivity contribution in [3.8, 4) is 11.3 Å². The monoisotopic (exact) mass is 343 g/mol. The van der Waals surface area contributed by atoms with Gasteiger partial charge >= 0.3 is 0 Å². The van der Waals surface area contributed by atoms with Crippen LogP contribution in [0.3, 0.4) is 0 Å². The lowest BCUT2D eigenvalue weighted by molar-refractivity contribution is -0.133. The summed E-state index contributed by atoms with van der Waals surface area (Å²) in [6.45, 7) is 1.41. The Kier molecular flexibility index (Phi) is 4.03. The number of aromatic nitrogens is 3. The highest BCUT2D eigenvalue weighted by Crippen LogP contribution is 2.31. The molecule has 0 bridgehead atoms. The van der Waals surface area contributed by atoms with E-state index in [1.165, 1.54) is 0 Å². The summed E-state index contributed by atoms with van der Waals surface area (Å²) in [6.07, 6.45) is 7.08. The minimum absolute atomic E-state index is 0.0581. The molecule has 0 atom stereocenters. The lowest BCUT2D eigenvalue weighted by Gasteiger charge is -2.32. The van der Waals surface area contributed by atoms with Gasteiger partial charge in [0.05, 0.1) is 6.20 Å². The molecule has 2 fully saturated rings. The van der Waals surface area contributed by atoms with Gasteiger partial charge in [0.15, 0.2) is 0 Å². The number of hydrogen-bond donors (Lipinski definition) is 1. The summed E-state index contributed by atoms with van der Waals surface area (Å²) >= 11 is 0. The molecular formula is C17H21N5O3. The number of carbonyl (C=O) groups excluding carboxylic acids is 2. The maximum atomic E-state index is 12.4. The van der Waals surface area contributed by atoms with E-state index in [0.717, 1.165) is 31.2 Å². The van der Waals surface area contributed by atoms with E-state index in [-0.39, 0.29) is 29.5 Å². The SMILES string of the molecule is Cn1cc(-c2cc(C(=O)NC3CCN(C(=O)C4CC4)CC3)on2)cn1. The molecule has 0 unspecified atom stereocenters. The molecule has 25 heavy (non-hydrogen) atoms. The van der Waals surface area contributed by atoms with Crippen LogP contribution in [0.1, 0.15) is 36.2 Å². The number of nitrogens with one attached hydrogen (secondary N) is 1. The fourth-order valence-corrected chi connectivity index (χ4v) is 3.16. The number of nitrogens with zero attached hydrogens (tertiary/aromatic N) is 4. The Morgan fingerprint density at radius 2 is 2.00 bits per heavy atom. The van der Waals surface area contributed by atoms with Gasteiger partial charge in [-0.2, -0.15) is 5.10 Å². The highest BCUT2D eigenvalue weighted by molar-refractivity contribution is 5.92. The predicted molar refractivity (Wildman–Crippen MR) is 88.5 cm³/mol. The number of hydrogen-bond acceptors (Lipinski definition) is 5. The molecule has 132 valence electrons. The molecular weight excluding hydrogens is 322 g/mol. The molecule has 1 N–H and O–H groups in total. The maximum Gasteiger partial charge on any atom is 0.290 e. The van der Waals surface area contributed by atoms with Crippen molar-refractivity contribution < 1.29 is 14.1 Å². The molecule has 0 spiro atoms. The average molecular weight is 343 g/mol. The molecule has 0 radical (unpaired) electrons. The summed E-state index contributed by atoms with van der Waals surface area (Å²) in [5.74, 6) is 0.456. The molecule has 2 aliphatic rings. The molecule has 1 aliphatic heterocycles. The lowest BCUT2D eigenvalue weighted by atomic mass is 10.0. The number of aryl methyl sites for hydroxylation is 1. The van der Waals surface area contributed by atoms with E-state index >= 15 is 0 Å². The van der Waals surface area contributed by atoms with Crippen LogP contribution in [0, 0.1) is 5.92 Å². The fraction of sp³-hybridized carbons (Fsp3) is 0.529. The van der Waals surface area contributed by atoms with Crippen LogP contribution in [0.5, 0.6) is 0 Å². The fourth-order valence-electron chi connectivity index (χ4n) is 3.16. The molecule has 0 aromatic carbocycles. The molecule has 3 heterocycles. The van der Waals surface area contributed by atoms with Crippen molar-refractivity contribution in [1.82, 2.24) is 25.2 Å². The first-order chi connectivity index (χ1) is 12.1. The highest BCUT2D eigenvalue weighted by atomic mass is 16.5. The van der Waals surface area contributed by atoms with E-state index in [1.807, 2.05) is 18.1 Å². The molecule has 2 aromatic heterocycles. The van der Waals surface area contributed by atoms with Crippen molar-refractivity contribution in [2.45, 2.75) is 31.7 Å². The zero-order chi connectivity index (χ0) is 17.4. The van der Waals surface area contributed by atoms with Crippen molar-refractivity contribution in [3.63, 3.8) is 0 Å². The summed E-state index contributed by atoms with van der Waals surface area (Å²) in [5.41, 5.74) is 1.39. The van der Waals surface area contributed by atoms with Gasteiger partial charge in [0, 0.05) is 49.9 Å². The Balaban J connectivity index is 1.32. The van der Waals surface area contributed by atoms with Gasteiger partial charge in [0.2, 0.25) is 11.7 Å². The first-order valence-corrected chi connectivity index (χ1v) is 8.65. The molecule has 1 aliphatic carbocycles. The largest absolute Gasteiger partial charge is 0.350 e. The molecule has 2 aromatic rings. The summed E-state index contributed by atoms with van der Waals surface area (Å²) in [6, 6.07) is 1.68. The lowest BCUT2D eigenvalue weighted by Crippen LogP contribution is -2.46. The van der Waals surface area contributed by atoms with Gasteiger partial charge in [-0.3, -0.25) is 14.3 Å². The van der Waals surface area contributed by atoms with Gasteiger partial charge in [0.1, 0.15) is 5.69 Å². The van der Waals surface area contributed by atoms with Crippen molar-refractivity contribution in [3.05, 3.63) is 24.2 Å². The van der Waals surface area contributed by atoms with Crippen molar-refractivity contribution in [2.75, 3.05) is 13.1 Å². The van der Waals surface area contributed by atoms with Crippen molar-refractivity contribution in [1.29, 1.82) is 0 Å². The first kappa shape index (κ1) is 15.9. The van der Waals surface area contributed by atoms with E-state index in [9.17, 15) is 9.59 Å². The second-order valence-electron chi connectivity index (χ2n) is 6.83. The standard InChI is InChI=1S/C17H21N5O3/c1-21-10-12(9-18-21)14-8-15(25-20-14)16(23)19-13-4-6-22(7-5-13)17(24)11-2-3-11/h8-11,13H,2-7H2,1H3,(H,19,23). The first-order valence-electron chi connectivity index (χ1n) is 8.65. The van der Waals surface area contributed by atoms with Gasteiger partial charge < -0.3 is 14.7 Å². The Labute approximate surface area is 145 Å². The summed E-state index contributed by atoms with van der Waals surface area (Å²) < 4.78 is 6.83. The van der Waals surface area contributed by atoms with Gasteiger partial charge in [-0.05, 0) is 25.7 Å². The second kappa shape index (κ2) is 6.34. The van der Waals surface area contributed by atoms with E-state index < -0.39 is 0 Å². The Bertz CT molecular complexity index is 784. The number of piperidine rings is 1. The quantitative estimate of drug-likeness (QED) is 0.900. The molecule has 2 amide bonds. The van der Waals surface area contributed by atoms with Crippen LogP contribution in [-0.2, 0) is 11.8 Å². The van der Waals surface area contributed by atoms with Crippen LogP contribution >= 0.6 is 0 Å². The van der Waals surface area contributed by atoms with Crippen LogP contribution in [0.15, 0.2) is 23.0 Å². The summed E-state index contributed by atoms with van der Waals surface area (Å²) in [4.78, 5) is 26.3. The molecule has 4 rings (SSSR count). The van der Waals surface area contributed by atoms with Crippen molar-refractivity contribution >= 4 is 11.8 Å². The third-order valence-electron chi connectivity index (χ3n) is 4.80. The molecule has 1 saturated carbocycles. The molecule has 8 nitrogen and oxygen atoms in total. The highest BCUT2D eigenvalue weighted by Gasteiger charge is 2.35. The molecule has 8 heteroatoms. The van der Waals surface area contributed by atoms with Gasteiger partial charge in [-0.15, -0.1) is 0 Å². The summed E-state index contributed by atoms with van der Waals surface area (Å²) in [5, 5.41) is 11.0. The third-order valence-corrected chi connectivity index (χ3v) is 4.80. The maximum absolute atomic E-state index is 12.4. The van der Waals surface area contributed by atoms with Gasteiger partial charge in [0.25, 0.3) is 5.91 Å². The van der Waals surface area contributed by atoms with E-state index in [0.29, 0.717) is 18.8 Å². The average Bonchev–Trinajstić information content (AvgIpc) is 3.18. The number of likely N-dealkylation sites (tertiary alicyclic amines) is 1. The number of carbonyl (C=O) groups is 2. The Hall–Kier alpha value is -2.64. The number of amides is 2. The van der Waals surface area contributed by atoms with Crippen molar-refractivity contribution in [2.24, 2.45) is 13.0 Å². The van der Waals surface area contributed by atoms with E-state index in [1.54, 1.807) is 16.9 Å².